The summed E-state index contributed by atoms with van der Waals surface area (Å²) >= 11 is 0. The van der Waals surface area contributed by atoms with Crippen molar-refractivity contribution in [1.29, 1.82) is 5.41 Å². The molecule has 20 heavy (non-hydrogen) atoms. The topological polar surface area (TPSA) is 99.1 Å². The number of aromatic hydroxyl groups is 1. The smallest absolute Gasteiger partial charge is 0.132 e. The molecule has 6 heteroatoms. The first kappa shape index (κ1) is 12.4. The highest BCUT2D eigenvalue weighted by Crippen LogP contribution is 2.23. The Bertz CT molecular complexity index is 666. The van der Waals surface area contributed by atoms with Crippen molar-refractivity contribution in [2.24, 2.45) is 0 Å². The van der Waals surface area contributed by atoms with Gasteiger partial charge in [0.15, 0.2) is 0 Å². The fraction of sp³-hybridized carbons (Fsp3) is 0.214. The van der Waals surface area contributed by atoms with Gasteiger partial charge in [-0.2, -0.15) is 0 Å². The van der Waals surface area contributed by atoms with Crippen LogP contribution in [-0.4, -0.2) is 33.9 Å². The molecule has 0 spiro atoms. The number of nitrogens with two attached hydrogens (primary N) is 1. The van der Waals surface area contributed by atoms with E-state index in [0.29, 0.717) is 16.9 Å². The number of benzene rings is 1. The molecule has 0 radical (unpaired) electrons. The summed E-state index contributed by atoms with van der Waals surface area (Å²) in [6.07, 6.45) is 2.62. The molecule has 1 fully saturated rings. The van der Waals surface area contributed by atoms with Crippen molar-refractivity contribution in [2.45, 2.75) is 6.42 Å². The number of rotatable bonds is 3. The number of aromatic nitrogens is 2. The molecule has 0 saturated carbocycles. The average Bonchev–Trinajstić information content (AvgIpc) is 2.39. The van der Waals surface area contributed by atoms with Crippen molar-refractivity contribution < 1.29 is 5.11 Å². The zero-order valence-electron chi connectivity index (χ0n) is 10.9. The number of phenols is 1. The van der Waals surface area contributed by atoms with E-state index in [4.69, 9.17) is 11.1 Å². The Kier molecular flexibility index (Phi) is 2.98. The van der Waals surface area contributed by atoms with Crippen LogP contribution in [0.3, 0.4) is 0 Å². The van der Waals surface area contributed by atoms with Crippen LogP contribution in [0, 0.1) is 5.41 Å². The van der Waals surface area contributed by atoms with Crippen LogP contribution < -0.4 is 10.6 Å². The van der Waals surface area contributed by atoms with E-state index in [2.05, 4.69) is 14.9 Å². The summed E-state index contributed by atoms with van der Waals surface area (Å²) in [5.74, 6) is 0.903. The second-order valence-electron chi connectivity index (χ2n) is 4.75. The molecule has 102 valence electrons. The maximum absolute atomic E-state index is 9.53. The second kappa shape index (κ2) is 4.80. The predicted molar refractivity (Wildman–Crippen MR) is 77.3 cm³/mol. The number of hydrogen-bond donors (Lipinski definition) is 3. The van der Waals surface area contributed by atoms with Gasteiger partial charge >= 0.3 is 0 Å². The molecular formula is C14H15N5O. The van der Waals surface area contributed by atoms with Gasteiger partial charge in [-0.3, -0.25) is 5.41 Å². The number of nitrogen functional groups attached to an aromatic ring is 1. The molecule has 2 heterocycles. The third-order valence-electron chi connectivity index (χ3n) is 3.40. The van der Waals surface area contributed by atoms with Gasteiger partial charge in [0.2, 0.25) is 0 Å². The Morgan fingerprint density at radius 1 is 1.25 bits per heavy atom. The van der Waals surface area contributed by atoms with Crippen LogP contribution in [0.1, 0.15) is 17.7 Å². The van der Waals surface area contributed by atoms with Crippen molar-refractivity contribution in [2.75, 3.05) is 23.7 Å². The largest absolute Gasteiger partial charge is 0.508 e. The van der Waals surface area contributed by atoms with Crippen molar-refractivity contribution >= 4 is 17.2 Å². The number of nitrogens with zero attached hydrogens (tertiary/aromatic N) is 3. The fourth-order valence-corrected chi connectivity index (χ4v) is 2.10. The molecule has 1 aromatic carbocycles. The van der Waals surface area contributed by atoms with Gasteiger partial charge in [-0.25, -0.2) is 9.97 Å². The quantitative estimate of drug-likeness (QED) is 0.444. The summed E-state index contributed by atoms with van der Waals surface area (Å²) in [4.78, 5) is 10.5. The van der Waals surface area contributed by atoms with E-state index in [0.717, 1.165) is 25.3 Å². The third-order valence-corrected chi connectivity index (χ3v) is 3.40. The summed E-state index contributed by atoms with van der Waals surface area (Å²) in [7, 11) is 0. The molecule has 1 aliphatic heterocycles. The summed E-state index contributed by atoms with van der Waals surface area (Å²) in [6.45, 7) is 1.97. The Labute approximate surface area is 116 Å². The third kappa shape index (κ3) is 2.16. The lowest BCUT2D eigenvalue weighted by molar-refractivity contribution is 0.475. The van der Waals surface area contributed by atoms with Crippen molar-refractivity contribution in [3.8, 4) is 5.75 Å². The summed E-state index contributed by atoms with van der Waals surface area (Å²) in [5.41, 5.74) is 7.45. The lowest BCUT2D eigenvalue weighted by atomic mass is 10.0. The monoisotopic (exact) mass is 269 g/mol. The van der Waals surface area contributed by atoms with E-state index >= 15 is 0 Å². The Balaban J connectivity index is 1.95. The lowest BCUT2D eigenvalue weighted by Crippen LogP contribution is -2.37. The molecule has 0 aliphatic carbocycles. The molecule has 3 rings (SSSR count). The van der Waals surface area contributed by atoms with Gasteiger partial charge in [-0.15, -0.1) is 0 Å². The van der Waals surface area contributed by atoms with E-state index in [1.165, 1.54) is 18.5 Å². The number of anilines is 2. The van der Waals surface area contributed by atoms with E-state index in [9.17, 15) is 5.11 Å². The maximum Gasteiger partial charge on any atom is 0.132 e. The summed E-state index contributed by atoms with van der Waals surface area (Å²) in [5, 5.41) is 17.8. The van der Waals surface area contributed by atoms with E-state index in [1.54, 1.807) is 12.1 Å². The molecular weight excluding hydrogens is 254 g/mol. The SMILES string of the molecule is N=C(c1cc(N2CCC2)ncn1)c1cc(O)ccc1N. The highest BCUT2D eigenvalue weighted by Gasteiger charge is 2.18. The van der Waals surface area contributed by atoms with Crippen LogP contribution in [0.5, 0.6) is 5.75 Å². The van der Waals surface area contributed by atoms with Gasteiger partial charge in [0.25, 0.3) is 0 Å². The average molecular weight is 269 g/mol. The number of phenolic OH excluding ortho intramolecular Hbond substituents is 1. The minimum atomic E-state index is 0.0796. The van der Waals surface area contributed by atoms with Crippen LogP contribution in [0.15, 0.2) is 30.6 Å². The number of hydrogen-bond acceptors (Lipinski definition) is 6. The Hall–Kier alpha value is -2.63. The Morgan fingerprint density at radius 2 is 2.05 bits per heavy atom. The molecule has 1 aromatic heterocycles. The standard InChI is InChI=1S/C14H15N5O/c15-11-3-2-9(20)6-10(11)14(16)12-7-13(18-8-17-12)19-4-1-5-19/h2-3,6-8,16,20H,1,4-5,15H2. The van der Waals surface area contributed by atoms with E-state index in [1.807, 2.05) is 0 Å². The van der Waals surface area contributed by atoms with Gasteiger partial charge in [0.1, 0.15) is 17.9 Å². The molecule has 6 nitrogen and oxygen atoms in total. The minimum Gasteiger partial charge on any atom is -0.508 e. The first-order valence-electron chi connectivity index (χ1n) is 6.40. The van der Waals surface area contributed by atoms with Gasteiger partial charge in [0.05, 0.1) is 11.4 Å². The van der Waals surface area contributed by atoms with Crippen LogP contribution in [0.2, 0.25) is 0 Å². The number of nitrogens with one attached hydrogen (secondary N) is 1. The van der Waals surface area contributed by atoms with Crippen LogP contribution in [0.25, 0.3) is 0 Å². The second-order valence-corrected chi connectivity index (χ2v) is 4.75. The summed E-state index contributed by atoms with van der Waals surface area (Å²) in [6, 6.07) is 6.34. The van der Waals surface area contributed by atoms with Crippen molar-refractivity contribution in [3.05, 3.63) is 41.9 Å². The van der Waals surface area contributed by atoms with Crippen LogP contribution in [0.4, 0.5) is 11.5 Å². The highest BCUT2D eigenvalue weighted by atomic mass is 16.3. The molecule has 1 aliphatic rings. The molecule has 2 aromatic rings. The van der Waals surface area contributed by atoms with E-state index < -0.39 is 0 Å². The van der Waals surface area contributed by atoms with Gasteiger partial charge in [0, 0.05) is 30.4 Å². The van der Waals surface area contributed by atoms with Crippen LogP contribution >= 0.6 is 0 Å². The lowest BCUT2D eigenvalue weighted by Gasteiger charge is -2.31. The van der Waals surface area contributed by atoms with Gasteiger partial charge in [-0.05, 0) is 24.6 Å². The molecule has 0 amide bonds. The predicted octanol–water partition coefficient (Wildman–Crippen LogP) is 1.39. The first-order valence-corrected chi connectivity index (χ1v) is 6.40. The van der Waals surface area contributed by atoms with Crippen molar-refractivity contribution in [3.63, 3.8) is 0 Å². The van der Waals surface area contributed by atoms with Crippen LogP contribution in [-0.2, 0) is 0 Å². The zero-order chi connectivity index (χ0) is 14.1. The molecule has 1 saturated heterocycles. The molecule has 0 unspecified atom stereocenters. The molecule has 0 bridgehead atoms. The molecule has 0 atom stereocenters. The van der Waals surface area contributed by atoms with Gasteiger partial charge < -0.3 is 15.7 Å². The van der Waals surface area contributed by atoms with E-state index in [-0.39, 0.29) is 11.5 Å². The minimum absolute atomic E-state index is 0.0796. The van der Waals surface area contributed by atoms with Crippen molar-refractivity contribution in [1.82, 2.24) is 9.97 Å². The first-order chi connectivity index (χ1) is 9.65. The normalized spacial score (nSPS) is 13.9. The highest BCUT2D eigenvalue weighted by molar-refractivity contribution is 6.13. The molecule has 4 N–H and O–H groups in total. The fourth-order valence-electron chi connectivity index (χ4n) is 2.10. The van der Waals surface area contributed by atoms with Gasteiger partial charge in [-0.1, -0.05) is 0 Å². The summed E-state index contributed by atoms with van der Waals surface area (Å²) < 4.78 is 0. The Morgan fingerprint density at radius 3 is 2.75 bits per heavy atom. The maximum atomic E-state index is 9.53. The zero-order valence-corrected chi connectivity index (χ0v) is 10.9.